The highest BCUT2D eigenvalue weighted by molar-refractivity contribution is 5.75. The van der Waals surface area contributed by atoms with Crippen LogP contribution in [0.5, 0.6) is 0 Å². The second-order valence-electron chi connectivity index (χ2n) is 4.72. The maximum absolute atomic E-state index is 11.8. The van der Waals surface area contributed by atoms with E-state index >= 15 is 0 Å². The van der Waals surface area contributed by atoms with Gasteiger partial charge in [-0.1, -0.05) is 6.92 Å². The monoisotopic (exact) mass is 200 g/mol. The van der Waals surface area contributed by atoms with Crippen molar-refractivity contribution in [1.29, 1.82) is 0 Å². The molecule has 3 heteroatoms. The van der Waals surface area contributed by atoms with E-state index in [1.807, 2.05) is 32.6 Å². The van der Waals surface area contributed by atoms with Gasteiger partial charge < -0.3 is 10.2 Å². The van der Waals surface area contributed by atoms with E-state index in [1.54, 1.807) is 0 Å². The molecule has 0 aliphatic heterocycles. The molecule has 84 valence electrons. The first-order valence-electron chi connectivity index (χ1n) is 5.40. The number of nitrogens with zero attached hydrogens (tertiary/aromatic N) is 1. The number of carbonyl (C=O) groups excluding carboxylic acids is 1. The molecule has 1 atom stereocenters. The van der Waals surface area contributed by atoms with E-state index in [9.17, 15) is 4.79 Å². The van der Waals surface area contributed by atoms with Gasteiger partial charge >= 0.3 is 6.03 Å². The SMILES string of the molecule is CCC(C)N(CC)C(=O)NC(C)(C)C. The van der Waals surface area contributed by atoms with Crippen LogP contribution in [-0.2, 0) is 0 Å². The molecule has 0 rings (SSSR count). The Bertz CT molecular complexity index is 184. The zero-order valence-corrected chi connectivity index (χ0v) is 10.3. The summed E-state index contributed by atoms with van der Waals surface area (Å²) < 4.78 is 0. The van der Waals surface area contributed by atoms with Crippen molar-refractivity contribution >= 4 is 6.03 Å². The standard InChI is InChI=1S/C11H24N2O/c1-7-9(3)13(8-2)10(14)12-11(4,5)6/h9H,7-8H2,1-6H3,(H,12,14). The van der Waals surface area contributed by atoms with Crippen LogP contribution in [-0.4, -0.2) is 29.1 Å². The maximum Gasteiger partial charge on any atom is 0.318 e. The van der Waals surface area contributed by atoms with Crippen LogP contribution in [0, 0.1) is 0 Å². The number of carbonyl (C=O) groups is 1. The van der Waals surface area contributed by atoms with Gasteiger partial charge in [0.25, 0.3) is 0 Å². The van der Waals surface area contributed by atoms with Gasteiger partial charge in [-0.25, -0.2) is 4.79 Å². The van der Waals surface area contributed by atoms with E-state index < -0.39 is 0 Å². The summed E-state index contributed by atoms with van der Waals surface area (Å²) in [5, 5.41) is 2.97. The van der Waals surface area contributed by atoms with Crippen LogP contribution in [0.4, 0.5) is 4.79 Å². The average molecular weight is 200 g/mol. The Hall–Kier alpha value is -0.730. The van der Waals surface area contributed by atoms with Crippen molar-refractivity contribution in [3.05, 3.63) is 0 Å². The molecule has 0 radical (unpaired) electrons. The fraction of sp³-hybridized carbons (Fsp3) is 0.909. The van der Waals surface area contributed by atoms with Gasteiger partial charge in [-0.15, -0.1) is 0 Å². The van der Waals surface area contributed by atoms with Gasteiger partial charge in [0, 0.05) is 18.1 Å². The lowest BCUT2D eigenvalue weighted by atomic mass is 10.1. The molecule has 1 N–H and O–H groups in total. The van der Waals surface area contributed by atoms with Gasteiger partial charge in [0.2, 0.25) is 0 Å². The lowest BCUT2D eigenvalue weighted by Crippen LogP contribution is -2.51. The van der Waals surface area contributed by atoms with E-state index in [1.165, 1.54) is 0 Å². The van der Waals surface area contributed by atoms with Gasteiger partial charge in [0.15, 0.2) is 0 Å². The zero-order valence-electron chi connectivity index (χ0n) is 10.3. The first-order chi connectivity index (χ1) is 6.31. The number of hydrogen-bond acceptors (Lipinski definition) is 1. The molecule has 0 heterocycles. The van der Waals surface area contributed by atoms with Crippen molar-refractivity contribution in [2.75, 3.05) is 6.54 Å². The molecule has 0 saturated carbocycles. The Morgan fingerprint density at radius 2 is 1.86 bits per heavy atom. The summed E-state index contributed by atoms with van der Waals surface area (Å²) in [4.78, 5) is 13.7. The van der Waals surface area contributed by atoms with Crippen LogP contribution in [0.1, 0.15) is 48.0 Å². The smallest absolute Gasteiger partial charge is 0.318 e. The topological polar surface area (TPSA) is 32.3 Å². The maximum atomic E-state index is 11.8. The third kappa shape index (κ3) is 4.49. The molecule has 0 aromatic rings. The summed E-state index contributed by atoms with van der Waals surface area (Å²) in [5.74, 6) is 0. The van der Waals surface area contributed by atoms with Gasteiger partial charge in [0.1, 0.15) is 0 Å². The molecule has 1 unspecified atom stereocenters. The molecule has 0 aromatic heterocycles. The van der Waals surface area contributed by atoms with Crippen molar-refractivity contribution in [2.45, 2.75) is 59.5 Å². The van der Waals surface area contributed by atoms with Crippen molar-refractivity contribution in [1.82, 2.24) is 10.2 Å². The van der Waals surface area contributed by atoms with Crippen molar-refractivity contribution in [2.24, 2.45) is 0 Å². The van der Waals surface area contributed by atoms with Gasteiger partial charge in [-0.05, 0) is 41.0 Å². The van der Waals surface area contributed by atoms with Crippen molar-refractivity contribution in [3.63, 3.8) is 0 Å². The number of amides is 2. The van der Waals surface area contributed by atoms with Gasteiger partial charge in [-0.3, -0.25) is 0 Å². The minimum absolute atomic E-state index is 0.0364. The van der Waals surface area contributed by atoms with Crippen LogP contribution in [0.2, 0.25) is 0 Å². The van der Waals surface area contributed by atoms with E-state index in [-0.39, 0.29) is 11.6 Å². The highest BCUT2D eigenvalue weighted by atomic mass is 16.2. The minimum Gasteiger partial charge on any atom is -0.333 e. The Morgan fingerprint density at radius 1 is 1.36 bits per heavy atom. The van der Waals surface area contributed by atoms with Crippen LogP contribution >= 0.6 is 0 Å². The van der Waals surface area contributed by atoms with Crippen molar-refractivity contribution < 1.29 is 4.79 Å². The molecular formula is C11H24N2O. The Balaban J connectivity index is 4.33. The van der Waals surface area contributed by atoms with Crippen LogP contribution in [0.25, 0.3) is 0 Å². The Morgan fingerprint density at radius 3 is 2.14 bits per heavy atom. The third-order valence-electron chi connectivity index (χ3n) is 2.21. The van der Waals surface area contributed by atoms with E-state index in [0.717, 1.165) is 13.0 Å². The molecule has 0 aliphatic carbocycles. The second-order valence-corrected chi connectivity index (χ2v) is 4.72. The molecule has 0 bridgehead atoms. The molecule has 0 saturated heterocycles. The summed E-state index contributed by atoms with van der Waals surface area (Å²) >= 11 is 0. The molecule has 0 aromatic carbocycles. The number of urea groups is 1. The molecule has 14 heavy (non-hydrogen) atoms. The van der Waals surface area contributed by atoms with Crippen LogP contribution in [0.3, 0.4) is 0 Å². The largest absolute Gasteiger partial charge is 0.333 e. The predicted octanol–water partition coefficient (Wildman–Crippen LogP) is 2.61. The molecule has 3 nitrogen and oxygen atoms in total. The lowest BCUT2D eigenvalue weighted by molar-refractivity contribution is 0.172. The normalized spacial score (nSPS) is 13.6. The Kier molecular flexibility index (Phi) is 4.95. The van der Waals surface area contributed by atoms with Crippen molar-refractivity contribution in [3.8, 4) is 0 Å². The van der Waals surface area contributed by atoms with E-state index in [2.05, 4.69) is 19.2 Å². The summed E-state index contributed by atoms with van der Waals surface area (Å²) in [6, 6.07) is 0.344. The number of nitrogens with one attached hydrogen (secondary N) is 1. The molecule has 2 amide bonds. The summed E-state index contributed by atoms with van der Waals surface area (Å²) in [7, 11) is 0. The number of rotatable bonds is 3. The van der Waals surface area contributed by atoms with Gasteiger partial charge in [-0.2, -0.15) is 0 Å². The zero-order chi connectivity index (χ0) is 11.4. The Labute approximate surface area is 87.9 Å². The summed E-state index contributed by atoms with van der Waals surface area (Å²) in [6.45, 7) is 12.9. The molecule has 0 spiro atoms. The highest BCUT2D eigenvalue weighted by Crippen LogP contribution is 2.06. The first-order valence-corrected chi connectivity index (χ1v) is 5.40. The molecule has 0 fully saturated rings. The molecular weight excluding hydrogens is 176 g/mol. The quantitative estimate of drug-likeness (QED) is 0.746. The van der Waals surface area contributed by atoms with Crippen LogP contribution < -0.4 is 5.32 Å². The minimum atomic E-state index is -0.155. The van der Waals surface area contributed by atoms with E-state index in [0.29, 0.717) is 6.04 Å². The fourth-order valence-corrected chi connectivity index (χ4v) is 1.27. The summed E-state index contributed by atoms with van der Waals surface area (Å²) in [5.41, 5.74) is -0.155. The number of hydrogen-bond donors (Lipinski definition) is 1. The van der Waals surface area contributed by atoms with E-state index in [4.69, 9.17) is 0 Å². The average Bonchev–Trinajstić information content (AvgIpc) is 2.01. The van der Waals surface area contributed by atoms with Crippen LogP contribution in [0.15, 0.2) is 0 Å². The lowest BCUT2D eigenvalue weighted by Gasteiger charge is -2.31. The first kappa shape index (κ1) is 13.3. The van der Waals surface area contributed by atoms with Gasteiger partial charge in [0.05, 0.1) is 0 Å². The predicted molar refractivity (Wildman–Crippen MR) is 60.4 cm³/mol. The highest BCUT2D eigenvalue weighted by Gasteiger charge is 2.21. The summed E-state index contributed by atoms with van der Waals surface area (Å²) in [6.07, 6.45) is 0.991. The third-order valence-corrected chi connectivity index (χ3v) is 2.21. The molecule has 0 aliphatic rings. The fourth-order valence-electron chi connectivity index (χ4n) is 1.27. The second kappa shape index (κ2) is 5.23.